The topological polar surface area (TPSA) is 54.0 Å². The predicted molar refractivity (Wildman–Crippen MR) is 120 cm³/mol. The summed E-state index contributed by atoms with van der Waals surface area (Å²) in [5.74, 6) is 0.796. The molecule has 2 aromatic heterocycles. The number of amides is 1. The van der Waals surface area contributed by atoms with Gasteiger partial charge in [-0.3, -0.25) is 9.69 Å². The Morgan fingerprint density at radius 2 is 1.97 bits per heavy atom. The first-order valence-corrected chi connectivity index (χ1v) is 11.0. The highest BCUT2D eigenvalue weighted by Crippen LogP contribution is 2.35. The van der Waals surface area contributed by atoms with Crippen molar-refractivity contribution in [3.8, 4) is 0 Å². The van der Waals surface area contributed by atoms with E-state index in [0.29, 0.717) is 13.0 Å². The fraction of sp³-hybridized carbons (Fsp3) is 0.360. The van der Waals surface area contributed by atoms with E-state index in [4.69, 9.17) is 9.52 Å². The first kappa shape index (κ1) is 19.8. The van der Waals surface area contributed by atoms with Crippen LogP contribution in [0.1, 0.15) is 53.9 Å². The first-order chi connectivity index (χ1) is 15.1. The molecule has 1 aromatic carbocycles. The van der Waals surface area contributed by atoms with Gasteiger partial charge in [0.15, 0.2) is 0 Å². The molecular formula is C25H28N4O2. The highest BCUT2D eigenvalue weighted by atomic mass is 16.3. The molecule has 1 saturated heterocycles. The van der Waals surface area contributed by atoms with E-state index in [2.05, 4.69) is 66.0 Å². The van der Waals surface area contributed by atoms with Crippen molar-refractivity contribution in [3.63, 3.8) is 0 Å². The number of hydrogen-bond donors (Lipinski definition) is 0. The highest BCUT2D eigenvalue weighted by Gasteiger charge is 2.37. The van der Waals surface area contributed by atoms with Gasteiger partial charge in [0.05, 0.1) is 24.6 Å². The summed E-state index contributed by atoms with van der Waals surface area (Å²) in [7, 11) is 2.07. The van der Waals surface area contributed by atoms with Crippen molar-refractivity contribution in [2.45, 2.75) is 38.3 Å². The van der Waals surface area contributed by atoms with Gasteiger partial charge in [0.1, 0.15) is 11.8 Å². The molecular weight excluding hydrogens is 388 g/mol. The zero-order valence-corrected chi connectivity index (χ0v) is 18.1. The Morgan fingerprint density at radius 1 is 1.13 bits per heavy atom. The minimum absolute atomic E-state index is 0.0182. The van der Waals surface area contributed by atoms with Crippen LogP contribution < -0.4 is 0 Å². The van der Waals surface area contributed by atoms with Gasteiger partial charge in [-0.2, -0.15) is 5.10 Å². The van der Waals surface area contributed by atoms with Gasteiger partial charge in [-0.05, 0) is 56.1 Å². The smallest absolute Gasteiger partial charge is 0.257 e. The summed E-state index contributed by atoms with van der Waals surface area (Å²) in [6, 6.07) is 16.4. The lowest BCUT2D eigenvalue weighted by Gasteiger charge is -2.27. The van der Waals surface area contributed by atoms with Crippen molar-refractivity contribution in [1.82, 2.24) is 14.5 Å². The highest BCUT2D eigenvalue weighted by molar-refractivity contribution is 6.03. The van der Waals surface area contributed by atoms with Crippen molar-refractivity contribution in [2.75, 3.05) is 13.1 Å². The minimum atomic E-state index is -0.199. The lowest BCUT2D eigenvalue weighted by atomic mass is 10.0. The summed E-state index contributed by atoms with van der Waals surface area (Å²) in [5.41, 5.74) is 4.45. The number of nitrogens with zero attached hydrogens (tertiary/aromatic N) is 4. The third-order valence-corrected chi connectivity index (χ3v) is 6.45. The van der Waals surface area contributed by atoms with E-state index in [1.807, 2.05) is 12.1 Å². The van der Waals surface area contributed by atoms with Gasteiger partial charge in [0.2, 0.25) is 0 Å². The van der Waals surface area contributed by atoms with Gasteiger partial charge < -0.3 is 8.98 Å². The number of hydrazone groups is 1. The molecule has 3 aromatic rings. The van der Waals surface area contributed by atoms with Crippen molar-refractivity contribution < 1.29 is 9.21 Å². The molecule has 6 heteroatoms. The van der Waals surface area contributed by atoms with Gasteiger partial charge in [0.25, 0.3) is 5.91 Å². The number of rotatable bonds is 5. The van der Waals surface area contributed by atoms with Crippen molar-refractivity contribution in [1.29, 1.82) is 0 Å². The number of aromatic nitrogens is 1. The van der Waals surface area contributed by atoms with Crippen LogP contribution in [0.3, 0.4) is 0 Å². The van der Waals surface area contributed by atoms with Gasteiger partial charge in [-0.1, -0.05) is 29.8 Å². The number of likely N-dealkylation sites (tertiary alicyclic amines) is 1. The number of hydrogen-bond acceptors (Lipinski definition) is 4. The van der Waals surface area contributed by atoms with E-state index >= 15 is 0 Å². The van der Waals surface area contributed by atoms with Crippen LogP contribution in [0.2, 0.25) is 0 Å². The quantitative estimate of drug-likeness (QED) is 0.618. The fourth-order valence-electron chi connectivity index (χ4n) is 4.78. The van der Waals surface area contributed by atoms with Crippen LogP contribution in [0.4, 0.5) is 0 Å². The maximum atomic E-state index is 13.5. The molecule has 0 aliphatic carbocycles. The summed E-state index contributed by atoms with van der Waals surface area (Å²) >= 11 is 0. The molecule has 31 heavy (non-hydrogen) atoms. The van der Waals surface area contributed by atoms with E-state index in [1.165, 1.54) is 11.3 Å². The van der Waals surface area contributed by atoms with E-state index in [9.17, 15) is 4.79 Å². The van der Waals surface area contributed by atoms with Crippen LogP contribution in [0.5, 0.6) is 0 Å². The fourth-order valence-corrected chi connectivity index (χ4v) is 4.78. The maximum Gasteiger partial charge on any atom is 0.257 e. The van der Waals surface area contributed by atoms with Gasteiger partial charge in [-0.15, -0.1) is 0 Å². The predicted octanol–water partition coefficient (Wildman–Crippen LogP) is 4.44. The van der Waals surface area contributed by atoms with Crippen LogP contribution in [0.15, 0.2) is 70.5 Å². The number of aryl methyl sites for hydroxylation is 2. The SMILES string of the molecule is Cc1ccc(C2=NN(C(=O)CN3CCC[C@@H]3c3cccn3C)[C@@H](c3ccco3)C2)cc1. The molecule has 0 spiro atoms. The summed E-state index contributed by atoms with van der Waals surface area (Å²) in [6.45, 7) is 3.36. The Morgan fingerprint density at radius 3 is 2.68 bits per heavy atom. The second-order valence-corrected chi connectivity index (χ2v) is 8.56. The molecule has 2 aliphatic heterocycles. The second kappa shape index (κ2) is 8.19. The molecule has 2 aliphatic rings. The van der Waals surface area contributed by atoms with E-state index in [-0.39, 0.29) is 18.0 Å². The zero-order valence-electron chi connectivity index (χ0n) is 18.1. The molecule has 2 atom stereocenters. The Kier molecular flexibility index (Phi) is 5.24. The Bertz CT molecular complexity index is 1080. The maximum absolute atomic E-state index is 13.5. The monoisotopic (exact) mass is 416 g/mol. The van der Waals surface area contributed by atoms with Crippen LogP contribution in [-0.4, -0.2) is 39.2 Å². The molecule has 4 heterocycles. The lowest BCUT2D eigenvalue weighted by molar-refractivity contribution is -0.134. The van der Waals surface area contributed by atoms with E-state index < -0.39 is 0 Å². The van der Waals surface area contributed by atoms with E-state index in [0.717, 1.165) is 36.4 Å². The minimum Gasteiger partial charge on any atom is -0.467 e. The lowest BCUT2D eigenvalue weighted by Crippen LogP contribution is -2.38. The largest absolute Gasteiger partial charge is 0.467 e. The third-order valence-electron chi connectivity index (χ3n) is 6.45. The van der Waals surface area contributed by atoms with Gasteiger partial charge in [0, 0.05) is 25.4 Å². The molecule has 0 unspecified atom stereocenters. The average Bonchev–Trinajstić information content (AvgIpc) is 3.55. The first-order valence-electron chi connectivity index (χ1n) is 11.0. The normalized spacial score (nSPS) is 21.6. The average molecular weight is 417 g/mol. The van der Waals surface area contributed by atoms with Crippen LogP contribution >= 0.6 is 0 Å². The number of carbonyl (C=O) groups excluding carboxylic acids is 1. The van der Waals surface area contributed by atoms with Crippen LogP contribution in [0.25, 0.3) is 0 Å². The third kappa shape index (κ3) is 3.83. The van der Waals surface area contributed by atoms with E-state index in [1.54, 1.807) is 11.3 Å². The molecule has 0 radical (unpaired) electrons. The summed E-state index contributed by atoms with van der Waals surface area (Å²) in [4.78, 5) is 15.8. The second-order valence-electron chi connectivity index (χ2n) is 8.56. The molecule has 5 rings (SSSR count). The molecule has 160 valence electrons. The standard InChI is InChI=1S/C25H28N4O2/c1-18-9-11-19(12-10-18)20-16-23(24-8-5-15-31-24)29(26-20)25(30)17-28-14-4-7-22(28)21-6-3-13-27(21)2/h3,5-6,8-13,15,22-23H,4,7,14,16-17H2,1-2H3/t22-,23-/m1/s1. The summed E-state index contributed by atoms with van der Waals surface area (Å²) < 4.78 is 7.84. The molecule has 0 bridgehead atoms. The molecule has 0 saturated carbocycles. The summed E-state index contributed by atoms with van der Waals surface area (Å²) in [6.07, 6.45) is 6.56. The molecule has 1 fully saturated rings. The van der Waals surface area contributed by atoms with Crippen molar-refractivity contribution >= 4 is 11.6 Å². The van der Waals surface area contributed by atoms with Crippen molar-refractivity contribution in [3.05, 3.63) is 83.6 Å². The zero-order chi connectivity index (χ0) is 21.4. The molecule has 1 amide bonds. The summed E-state index contributed by atoms with van der Waals surface area (Å²) in [5, 5.41) is 6.43. The van der Waals surface area contributed by atoms with Gasteiger partial charge >= 0.3 is 0 Å². The van der Waals surface area contributed by atoms with Crippen LogP contribution in [0, 0.1) is 6.92 Å². The number of furan rings is 1. The molecule has 6 nitrogen and oxygen atoms in total. The van der Waals surface area contributed by atoms with Crippen molar-refractivity contribution in [2.24, 2.45) is 12.1 Å². The Labute approximate surface area is 182 Å². The Hall–Kier alpha value is -3.12. The number of benzene rings is 1. The Balaban J connectivity index is 1.39. The molecule has 0 N–H and O–H groups in total. The number of carbonyl (C=O) groups is 1. The van der Waals surface area contributed by atoms with Crippen LogP contribution in [-0.2, 0) is 11.8 Å². The van der Waals surface area contributed by atoms with Gasteiger partial charge in [-0.25, -0.2) is 5.01 Å².